The summed E-state index contributed by atoms with van der Waals surface area (Å²) in [5, 5.41) is 21.3. The van der Waals surface area contributed by atoms with Gasteiger partial charge in [-0.05, 0) is 55.3 Å². The molecule has 1 aromatic heterocycles. The van der Waals surface area contributed by atoms with Crippen molar-refractivity contribution in [2.24, 2.45) is 0 Å². The predicted molar refractivity (Wildman–Crippen MR) is 107 cm³/mol. The van der Waals surface area contributed by atoms with Crippen LogP contribution in [0.15, 0.2) is 48.7 Å². The van der Waals surface area contributed by atoms with Gasteiger partial charge in [-0.1, -0.05) is 0 Å². The molecule has 2 heterocycles. The second-order valence-corrected chi connectivity index (χ2v) is 7.65. The van der Waals surface area contributed by atoms with E-state index in [1.54, 1.807) is 18.3 Å². The van der Waals surface area contributed by atoms with Gasteiger partial charge in [-0.3, -0.25) is 9.89 Å². The highest BCUT2D eigenvalue weighted by atomic mass is 19.4. The highest BCUT2D eigenvalue weighted by Crippen LogP contribution is 2.33. The zero-order valence-corrected chi connectivity index (χ0v) is 16.0. The van der Waals surface area contributed by atoms with Crippen LogP contribution in [0.3, 0.4) is 0 Å². The summed E-state index contributed by atoms with van der Waals surface area (Å²) in [5.41, 5.74) is 0.246. The van der Waals surface area contributed by atoms with Crippen LogP contribution in [0.4, 0.5) is 24.5 Å². The average molecular weight is 418 g/mol. The molecule has 9 heteroatoms. The highest BCUT2D eigenvalue weighted by molar-refractivity contribution is 5.93. The molecule has 0 spiro atoms. The zero-order valence-electron chi connectivity index (χ0n) is 16.0. The number of halogens is 3. The summed E-state index contributed by atoms with van der Waals surface area (Å²) < 4.78 is 38.1. The van der Waals surface area contributed by atoms with E-state index >= 15 is 0 Å². The Kier molecular flexibility index (Phi) is 5.15. The standard InChI is InChI=1S/C21H21F3N4O2/c22-21(23,24)15-2-5-17(6-3-15)28-9-7-20(30,8-10-28)12-19(29)26-16-4-1-14-13-25-27-18(14)11-16/h1-6,11,13,30H,7-10,12H2,(H,25,27)(H,26,29). The van der Waals surface area contributed by atoms with Crippen molar-refractivity contribution < 1.29 is 23.1 Å². The number of carbonyl (C=O) groups is 1. The van der Waals surface area contributed by atoms with Gasteiger partial charge in [0.25, 0.3) is 0 Å². The molecule has 3 aromatic rings. The first-order valence-electron chi connectivity index (χ1n) is 9.59. The van der Waals surface area contributed by atoms with Crippen LogP contribution < -0.4 is 10.2 Å². The van der Waals surface area contributed by atoms with Crippen molar-refractivity contribution >= 4 is 28.2 Å². The number of fused-ring (bicyclic) bond motifs is 1. The third-order valence-electron chi connectivity index (χ3n) is 5.47. The predicted octanol–water partition coefficient (Wildman–Crippen LogP) is 3.94. The lowest BCUT2D eigenvalue weighted by Crippen LogP contribution is -2.46. The lowest BCUT2D eigenvalue weighted by atomic mass is 9.87. The van der Waals surface area contributed by atoms with Gasteiger partial charge in [-0.15, -0.1) is 0 Å². The monoisotopic (exact) mass is 418 g/mol. The molecule has 3 N–H and O–H groups in total. The molecule has 30 heavy (non-hydrogen) atoms. The van der Waals surface area contributed by atoms with Gasteiger partial charge in [-0.25, -0.2) is 0 Å². The van der Waals surface area contributed by atoms with Crippen LogP contribution in [0.1, 0.15) is 24.8 Å². The van der Waals surface area contributed by atoms with Gasteiger partial charge in [0.05, 0.1) is 29.3 Å². The molecule has 1 saturated heterocycles. The van der Waals surface area contributed by atoms with Gasteiger partial charge < -0.3 is 15.3 Å². The van der Waals surface area contributed by atoms with Gasteiger partial charge in [0, 0.05) is 29.9 Å². The number of aliphatic hydroxyl groups is 1. The number of carbonyl (C=O) groups excluding carboxylic acids is 1. The SMILES string of the molecule is O=C(CC1(O)CCN(c2ccc(C(F)(F)F)cc2)CC1)Nc1ccc2cn[nH]c2c1. The molecule has 0 aliphatic carbocycles. The molecule has 0 unspecified atom stereocenters. The second-order valence-electron chi connectivity index (χ2n) is 7.65. The fourth-order valence-corrected chi connectivity index (χ4v) is 3.74. The van der Waals surface area contributed by atoms with Crippen LogP contribution in [0, 0.1) is 0 Å². The summed E-state index contributed by atoms with van der Waals surface area (Å²) in [6.07, 6.45) is -2.03. The quantitative estimate of drug-likeness (QED) is 0.600. The molecule has 1 amide bonds. The van der Waals surface area contributed by atoms with E-state index in [0.717, 1.165) is 23.0 Å². The maximum Gasteiger partial charge on any atom is 0.416 e. The van der Waals surface area contributed by atoms with Gasteiger partial charge >= 0.3 is 6.18 Å². The third-order valence-corrected chi connectivity index (χ3v) is 5.47. The number of hydrogen-bond donors (Lipinski definition) is 3. The van der Waals surface area contributed by atoms with Crippen molar-refractivity contribution in [2.75, 3.05) is 23.3 Å². The largest absolute Gasteiger partial charge is 0.416 e. The molecule has 0 saturated carbocycles. The molecule has 2 aromatic carbocycles. The van der Waals surface area contributed by atoms with E-state index in [1.165, 1.54) is 12.1 Å². The first-order chi connectivity index (χ1) is 14.2. The smallest absolute Gasteiger partial charge is 0.389 e. The second kappa shape index (κ2) is 7.64. The third kappa shape index (κ3) is 4.40. The summed E-state index contributed by atoms with van der Waals surface area (Å²) >= 11 is 0. The summed E-state index contributed by atoms with van der Waals surface area (Å²) in [5.74, 6) is -0.292. The number of anilines is 2. The van der Waals surface area contributed by atoms with Crippen molar-refractivity contribution in [3.63, 3.8) is 0 Å². The van der Waals surface area contributed by atoms with Crippen LogP contribution in [0.2, 0.25) is 0 Å². The minimum Gasteiger partial charge on any atom is -0.389 e. The van der Waals surface area contributed by atoms with E-state index in [2.05, 4.69) is 15.5 Å². The van der Waals surface area contributed by atoms with Gasteiger partial charge in [0.1, 0.15) is 0 Å². The Morgan fingerprint density at radius 1 is 1.17 bits per heavy atom. The Morgan fingerprint density at radius 3 is 2.53 bits per heavy atom. The Labute approximate surface area is 170 Å². The van der Waals surface area contributed by atoms with Crippen LogP contribution in [-0.4, -0.2) is 39.9 Å². The first-order valence-corrected chi connectivity index (χ1v) is 9.59. The Bertz CT molecular complexity index is 1040. The Balaban J connectivity index is 1.33. The lowest BCUT2D eigenvalue weighted by Gasteiger charge is -2.39. The molecule has 1 aliphatic rings. The number of nitrogens with zero attached hydrogens (tertiary/aromatic N) is 2. The number of aromatic amines is 1. The maximum atomic E-state index is 12.7. The number of amides is 1. The van der Waals surface area contributed by atoms with Gasteiger partial charge in [0.2, 0.25) is 5.91 Å². The number of H-pyrrole nitrogens is 1. The van der Waals surface area contributed by atoms with E-state index in [4.69, 9.17) is 0 Å². The molecule has 4 rings (SSSR count). The normalized spacial score (nSPS) is 16.6. The van der Waals surface area contributed by atoms with Crippen molar-refractivity contribution in [3.8, 4) is 0 Å². The topological polar surface area (TPSA) is 81.2 Å². The van der Waals surface area contributed by atoms with E-state index in [0.29, 0.717) is 37.3 Å². The van der Waals surface area contributed by atoms with Crippen LogP contribution in [-0.2, 0) is 11.0 Å². The van der Waals surface area contributed by atoms with Crippen molar-refractivity contribution in [3.05, 3.63) is 54.2 Å². The number of hydrogen-bond acceptors (Lipinski definition) is 4. The van der Waals surface area contributed by atoms with E-state index < -0.39 is 17.3 Å². The fourth-order valence-electron chi connectivity index (χ4n) is 3.74. The molecular formula is C21H21F3N4O2. The molecule has 0 radical (unpaired) electrons. The van der Waals surface area contributed by atoms with Crippen molar-refractivity contribution in [2.45, 2.75) is 31.0 Å². The van der Waals surface area contributed by atoms with Gasteiger partial charge in [-0.2, -0.15) is 18.3 Å². The highest BCUT2D eigenvalue weighted by Gasteiger charge is 2.35. The van der Waals surface area contributed by atoms with Crippen LogP contribution in [0.25, 0.3) is 10.9 Å². The number of aromatic nitrogens is 2. The van der Waals surface area contributed by atoms with E-state index in [1.807, 2.05) is 11.0 Å². The minimum atomic E-state index is -4.37. The summed E-state index contributed by atoms with van der Waals surface area (Å²) in [6.45, 7) is 0.907. The van der Waals surface area contributed by atoms with Crippen molar-refractivity contribution in [1.29, 1.82) is 0 Å². The molecule has 1 aliphatic heterocycles. The number of piperidine rings is 1. The zero-order chi connectivity index (χ0) is 21.4. The number of rotatable bonds is 4. The molecular weight excluding hydrogens is 397 g/mol. The molecule has 0 atom stereocenters. The van der Waals surface area contributed by atoms with E-state index in [9.17, 15) is 23.1 Å². The number of alkyl halides is 3. The fraction of sp³-hybridized carbons (Fsp3) is 0.333. The summed E-state index contributed by atoms with van der Waals surface area (Å²) in [7, 11) is 0. The van der Waals surface area contributed by atoms with Gasteiger partial charge in [0.15, 0.2) is 0 Å². The minimum absolute atomic E-state index is 0.0468. The average Bonchev–Trinajstić information content (AvgIpc) is 3.15. The molecule has 0 bridgehead atoms. The maximum absolute atomic E-state index is 12.7. The lowest BCUT2D eigenvalue weighted by molar-refractivity contribution is -0.137. The molecule has 1 fully saturated rings. The van der Waals surface area contributed by atoms with E-state index in [-0.39, 0.29) is 12.3 Å². The molecule has 158 valence electrons. The number of nitrogens with one attached hydrogen (secondary N) is 2. The first kappa shape index (κ1) is 20.2. The summed E-state index contributed by atoms with van der Waals surface area (Å²) in [6, 6.07) is 10.4. The van der Waals surface area contributed by atoms with Crippen LogP contribution in [0.5, 0.6) is 0 Å². The summed E-state index contributed by atoms with van der Waals surface area (Å²) in [4.78, 5) is 14.3. The molecule has 6 nitrogen and oxygen atoms in total. The number of benzene rings is 2. The van der Waals surface area contributed by atoms with Crippen LogP contribution >= 0.6 is 0 Å². The Morgan fingerprint density at radius 2 is 1.87 bits per heavy atom. The Hall–Kier alpha value is -3.07. The van der Waals surface area contributed by atoms with Crippen molar-refractivity contribution in [1.82, 2.24) is 10.2 Å².